The van der Waals surface area contributed by atoms with Gasteiger partial charge in [0.05, 0.1) is 28.9 Å². The van der Waals surface area contributed by atoms with Gasteiger partial charge in [0, 0.05) is 18.7 Å². The molecule has 31 heavy (non-hydrogen) atoms. The molecule has 1 N–H and O–H groups in total. The smallest absolute Gasteiger partial charge is 0.257 e. The van der Waals surface area contributed by atoms with E-state index in [0.717, 1.165) is 4.70 Å². The van der Waals surface area contributed by atoms with Crippen molar-refractivity contribution in [1.82, 2.24) is 9.29 Å². The van der Waals surface area contributed by atoms with Gasteiger partial charge >= 0.3 is 0 Å². The minimum atomic E-state index is -3.66. The molecule has 164 valence electrons. The third kappa shape index (κ3) is 4.42. The normalized spacial score (nSPS) is 20.0. The zero-order chi connectivity index (χ0) is 22.2. The number of morpholine rings is 1. The number of aromatic nitrogens is 1. The fraction of sp³-hybridized carbons (Fsp3) is 0.333. The molecule has 1 fully saturated rings. The van der Waals surface area contributed by atoms with E-state index >= 15 is 0 Å². The molecule has 1 aliphatic heterocycles. The van der Waals surface area contributed by atoms with Gasteiger partial charge in [0.2, 0.25) is 10.0 Å². The zero-order valence-corrected chi connectivity index (χ0v) is 19.0. The Morgan fingerprint density at radius 2 is 1.84 bits per heavy atom. The van der Waals surface area contributed by atoms with Crippen molar-refractivity contribution in [3.63, 3.8) is 0 Å². The van der Waals surface area contributed by atoms with Crippen LogP contribution in [0.3, 0.4) is 0 Å². The molecular formula is C21H23N3O5S2. The predicted octanol–water partition coefficient (Wildman–Crippen LogP) is 3.36. The van der Waals surface area contributed by atoms with E-state index in [2.05, 4.69) is 10.3 Å². The van der Waals surface area contributed by atoms with Crippen molar-refractivity contribution in [2.24, 2.45) is 0 Å². The Morgan fingerprint density at radius 3 is 2.48 bits per heavy atom. The Kier molecular flexibility index (Phi) is 5.98. The molecule has 0 radical (unpaired) electrons. The van der Waals surface area contributed by atoms with Gasteiger partial charge in [-0.3, -0.25) is 10.1 Å². The average Bonchev–Trinajstić information content (AvgIpc) is 3.15. The number of carbonyl (C=O) groups excluding carboxylic acids is 1. The Hall–Kier alpha value is -2.53. The lowest BCUT2D eigenvalue weighted by Gasteiger charge is -2.34. The van der Waals surface area contributed by atoms with Crippen molar-refractivity contribution < 1.29 is 22.7 Å². The molecule has 0 unspecified atom stereocenters. The summed E-state index contributed by atoms with van der Waals surface area (Å²) < 4.78 is 39.2. The quantitative estimate of drug-likeness (QED) is 0.626. The number of nitrogens with one attached hydrogen (secondary N) is 1. The van der Waals surface area contributed by atoms with Crippen molar-refractivity contribution in [3.05, 3.63) is 48.0 Å². The first kappa shape index (κ1) is 21.7. The lowest BCUT2D eigenvalue weighted by atomic mass is 10.2. The molecule has 4 rings (SSSR count). The summed E-state index contributed by atoms with van der Waals surface area (Å²) in [7, 11) is -2.09. The number of sulfonamides is 1. The molecule has 1 aromatic heterocycles. The van der Waals surface area contributed by atoms with Crippen LogP contribution in [0.2, 0.25) is 0 Å². The maximum atomic E-state index is 13.0. The van der Waals surface area contributed by atoms with E-state index in [0.29, 0.717) is 35.1 Å². The van der Waals surface area contributed by atoms with Crippen LogP contribution in [0, 0.1) is 0 Å². The summed E-state index contributed by atoms with van der Waals surface area (Å²) in [6.45, 7) is 4.30. The number of amides is 1. The Labute approximate surface area is 184 Å². The SMILES string of the molecule is COc1cccc2sc(NC(=O)c3ccc(S(=O)(=O)N4C[C@H](C)O[C@@H](C)C4)cc3)nc12. The van der Waals surface area contributed by atoms with E-state index in [4.69, 9.17) is 9.47 Å². The molecular weight excluding hydrogens is 438 g/mol. The molecule has 0 saturated carbocycles. The van der Waals surface area contributed by atoms with Gasteiger partial charge in [-0.15, -0.1) is 0 Å². The fourth-order valence-electron chi connectivity index (χ4n) is 3.57. The van der Waals surface area contributed by atoms with Gasteiger partial charge in [-0.1, -0.05) is 17.4 Å². The number of ether oxygens (including phenoxy) is 2. The minimum absolute atomic E-state index is 0.148. The van der Waals surface area contributed by atoms with Gasteiger partial charge in [-0.05, 0) is 50.2 Å². The number of anilines is 1. The summed E-state index contributed by atoms with van der Waals surface area (Å²) in [5, 5.41) is 3.21. The highest BCUT2D eigenvalue weighted by molar-refractivity contribution is 7.89. The number of benzene rings is 2. The van der Waals surface area contributed by atoms with E-state index in [9.17, 15) is 13.2 Å². The maximum absolute atomic E-state index is 13.0. The first-order chi connectivity index (χ1) is 14.8. The predicted molar refractivity (Wildman–Crippen MR) is 119 cm³/mol. The van der Waals surface area contributed by atoms with Crippen molar-refractivity contribution in [3.8, 4) is 5.75 Å². The third-order valence-corrected chi connectivity index (χ3v) is 7.74. The number of methoxy groups -OCH3 is 1. The molecule has 1 aliphatic rings. The van der Waals surface area contributed by atoms with Crippen molar-refractivity contribution in [1.29, 1.82) is 0 Å². The van der Waals surface area contributed by atoms with Gasteiger partial charge < -0.3 is 9.47 Å². The van der Waals surface area contributed by atoms with Crippen LogP contribution in [0.4, 0.5) is 5.13 Å². The van der Waals surface area contributed by atoms with Crippen LogP contribution in [0.5, 0.6) is 5.75 Å². The number of hydrogen-bond acceptors (Lipinski definition) is 7. The largest absolute Gasteiger partial charge is 0.494 e. The highest BCUT2D eigenvalue weighted by Gasteiger charge is 2.32. The molecule has 2 atom stereocenters. The van der Waals surface area contributed by atoms with Crippen molar-refractivity contribution in [2.75, 3.05) is 25.5 Å². The minimum Gasteiger partial charge on any atom is -0.494 e. The summed E-state index contributed by atoms with van der Waals surface area (Å²) in [5.74, 6) is 0.270. The monoisotopic (exact) mass is 461 g/mol. The van der Waals surface area contributed by atoms with Crippen LogP contribution >= 0.6 is 11.3 Å². The second kappa shape index (κ2) is 8.54. The topological polar surface area (TPSA) is 97.8 Å². The van der Waals surface area contributed by atoms with Crippen molar-refractivity contribution in [2.45, 2.75) is 31.0 Å². The van der Waals surface area contributed by atoms with E-state index in [1.807, 2.05) is 32.0 Å². The molecule has 3 aromatic rings. The molecule has 1 saturated heterocycles. The fourth-order valence-corrected chi connectivity index (χ4v) is 6.03. The number of rotatable bonds is 5. The van der Waals surface area contributed by atoms with Gasteiger partial charge in [-0.25, -0.2) is 13.4 Å². The van der Waals surface area contributed by atoms with Gasteiger partial charge in [0.25, 0.3) is 5.91 Å². The van der Waals surface area contributed by atoms with E-state index < -0.39 is 10.0 Å². The highest BCUT2D eigenvalue weighted by Crippen LogP contribution is 2.32. The van der Waals surface area contributed by atoms with Gasteiger partial charge in [0.15, 0.2) is 5.13 Å². The van der Waals surface area contributed by atoms with Crippen LogP contribution in [-0.4, -0.2) is 56.0 Å². The Morgan fingerprint density at radius 1 is 1.16 bits per heavy atom. The second-order valence-electron chi connectivity index (χ2n) is 7.38. The molecule has 0 spiro atoms. The first-order valence-electron chi connectivity index (χ1n) is 9.78. The van der Waals surface area contributed by atoms with Crippen LogP contribution < -0.4 is 10.1 Å². The summed E-state index contributed by atoms with van der Waals surface area (Å²) >= 11 is 1.34. The second-order valence-corrected chi connectivity index (χ2v) is 10.4. The number of nitrogens with zero attached hydrogens (tertiary/aromatic N) is 2. The molecule has 1 amide bonds. The van der Waals surface area contributed by atoms with Crippen molar-refractivity contribution >= 4 is 42.6 Å². The third-order valence-electron chi connectivity index (χ3n) is 4.96. The van der Waals surface area contributed by atoms with Gasteiger partial charge in [0.1, 0.15) is 11.3 Å². The number of carbonyl (C=O) groups is 1. The van der Waals surface area contributed by atoms with Gasteiger partial charge in [-0.2, -0.15) is 4.31 Å². The Bertz CT molecular complexity index is 1200. The summed E-state index contributed by atoms with van der Waals surface area (Å²) in [6.07, 6.45) is -0.341. The summed E-state index contributed by atoms with van der Waals surface area (Å²) in [5.41, 5.74) is 1.02. The van der Waals surface area contributed by atoms with E-state index in [1.165, 1.54) is 39.9 Å². The molecule has 8 nitrogen and oxygen atoms in total. The molecule has 0 aliphatic carbocycles. The molecule has 0 bridgehead atoms. The van der Waals surface area contributed by atoms with E-state index in [1.54, 1.807) is 7.11 Å². The molecule has 2 heterocycles. The number of thiazole rings is 1. The molecule has 10 heteroatoms. The number of fused-ring (bicyclic) bond motifs is 1. The highest BCUT2D eigenvalue weighted by atomic mass is 32.2. The number of hydrogen-bond donors (Lipinski definition) is 1. The lowest BCUT2D eigenvalue weighted by Crippen LogP contribution is -2.48. The zero-order valence-electron chi connectivity index (χ0n) is 17.4. The lowest BCUT2D eigenvalue weighted by molar-refractivity contribution is -0.0440. The number of para-hydroxylation sites is 1. The summed E-state index contributed by atoms with van der Waals surface area (Å²) in [6, 6.07) is 11.5. The summed E-state index contributed by atoms with van der Waals surface area (Å²) in [4.78, 5) is 17.2. The van der Waals surface area contributed by atoms with Crippen LogP contribution in [0.1, 0.15) is 24.2 Å². The maximum Gasteiger partial charge on any atom is 0.257 e. The van der Waals surface area contributed by atoms with E-state index in [-0.39, 0.29) is 23.0 Å². The van der Waals surface area contributed by atoms with Crippen LogP contribution in [0.25, 0.3) is 10.2 Å². The standard InChI is InChI=1S/C21H23N3O5S2/c1-13-11-24(12-14(2)29-13)31(26,27)16-9-7-15(8-10-16)20(25)23-21-22-19-17(28-3)5-4-6-18(19)30-21/h4-10,13-14H,11-12H2,1-3H3,(H,22,23,25)/t13-,14-/m0/s1. The first-order valence-corrected chi connectivity index (χ1v) is 12.0. The van der Waals surface area contributed by atoms with Crippen LogP contribution in [0.15, 0.2) is 47.4 Å². The van der Waals surface area contributed by atoms with Crippen LogP contribution in [-0.2, 0) is 14.8 Å². The molecule has 2 aromatic carbocycles. The average molecular weight is 462 g/mol. The Balaban J connectivity index is 1.51.